The molecule has 0 aromatic rings. The topological polar surface area (TPSA) is 73.1 Å². The molecule has 0 aliphatic carbocycles. The van der Waals surface area contributed by atoms with E-state index in [-0.39, 0.29) is 6.09 Å². The van der Waals surface area contributed by atoms with E-state index in [4.69, 9.17) is 4.74 Å². The Bertz CT molecular complexity index is 693. The molecule has 3 aliphatic heterocycles. The summed E-state index contributed by atoms with van der Waals surface area (Å²) < 4.78 is 7.69. The largest absolute Gasteiger partial charge is 0.444 e. The predicted octanol–water partition coefficient (Wildman–Crippen LogP) is 3.26. The minimum atomic E-state index is -0.513. The fraction of sp³-hybridized carbons (Fsp3) is 0.647. The standard InChI is InChI=1S/C17H25N5O2/c1-5-17(21-11-13-10-19-20-14(13)18-12-21)8-6-7-9-22(17)15(23)24-16(2,3)4/h10-12H,5-9H2,1-4H3. The van der Waals surface area contributed by atoms with Crippen LogP contribution in [0.1, 0.15) is 53.4 Å². The minimum absolute atomic E-state index is 0.268. The molecular weight excluding hydrogens is 306 g/mol. The van der Waals surface area contributed by atoms with Crippen molar-refractivity contribution in [2.75, 3.05) is 6.54 Å². The van der Waals surface area contributed by atoms with Gasteiger partial charge in [0.05, 0.1) is 18.1 Å². The molecule has 1 atom stereocenters. The van der Waals surface area contributed by atoms with Crippen LogP contribution in [0.4, 0.5) is 4.79 Å². The summed E-state index contributed by atoms with van der Waals surface area (Å²) >= 11 is 0. The molecule has 0 bridgehead atoms. The van der Waals surface area contributed by atoms with Crippen LogP contribution in [-0.4, -0.2) is 42.9 Å². The fourth-order valence-corrected chi connectivity index (χ4v) is 3.40. The highest BCUT2D eigenvalue weighted by atomic mass is 16.6. The summed E-state index contributed by atoms with van der Waals surface area (Å²) in [7, 11) is 0. The summed E-state index contributed by atoms with van der Waals surface area (Å²) in [6.45, 7) is 8.46. The molecule has 3 rings (SSSR count). The van der Waals surface area contributed by atoms with Gasteiger partial charge in [0.2, 0.25) is 0 Å². The number of fused-ring (bicyclic) bond motifs is 1. The minimum Gasteiger partial charge on any atom is -0.444 e. The van der Waals surface area contributed by atoms with Gasteiger partial charge in [0.15, 0.2) is 5.82 Å². The van der Waals surface area contributed by atoms with Gasteiger partial charge in [-0.25, -0.2) is 9.78 Å². The Morgan fingerprint density at radius 2 is 2.17 bits per heavy atom. The molecular formula is C17H25N5O2. The van der Waals surface area contributed by atoms with Crippen molar-refractivity contribution in [2.45, 2.75) is 64.6 Å². The van der Waals surface area contributed by atoms with Crippen molar-refractivity contribution < 1.29 is 9.53 Å². The zero-order valence-electron chi connectivity index (χ0n) is 14.8. The Balaban J connectivity index is 2.01. The third kappa shape index (κ3) is 2.95. The van der Waals surface area contributed by atoms with E-state index in [0.29, 0.717) is 12.4 Å². The highest BCUT2D eigenvalue weighted by Crippen LogP contribution is 2.37. The molecule has 24 heavy (non-hydrogen) atoms. The Labute approximate surface area is 142 Å². The lowest BCUT2D eigenvalue weighted by Gasteiger charge is -2.48. The average Bonchev–Trinajstić information content (AvgIpc) is 3.00. The lowest BCUT2D eigenvalue weighted by atomic mass is 9.92. The van der Waals surface area contributed by atoms with E-state index in [1.165, 1.54) is 0 Å². The number of carbonyl (C=O) groups is 1. The summed E-state index contributed by atoms with van der Waals surface area (Å²) in [5.41, 5.74) is -0.0977. The van der Waals surface area contributed by atoms with E-state index in [0.717, 1.165) is 31.2 Å². The van der Waals surface area contributed by atoms with Crippen LogP contribution in [0.2, 0.25) is 0 Å². The fourth-order valence-electron chi connectivity index (χ4n) is 3.40. The Morgan fingerprint density at radius 3 is 2.88 bits per heavy atom. The Kier molecular flexibility index (Phi) is 4.19. The summed E-state index contributed by atoms with van der Waals surface area (Å²) in [4.78, 5) is 19.1. The first kappa shape index (κ1) is 16.7. The highest BCUT2D eigenvalue weighted by molar-refractivity contribution is 5.69. The first-order valence-corrected chi connectivity index (χ1v) is 8.52. The molecule has 3 aliphatic rings. The third-order valence-electron chi connectivity index (χ3n) is 4.56. The van der Waals surface area contributed by atoms with Gasteiger partial charge < -0.3 is 9.30 Å². The number of carbonyl (C=O) groups excluding carboxylic acids is 1. The van der Waals surface area contributed by atoms with Gasteiger partial charge in [0.25, 0.3) is 0 Å². The molecule has 0 saturated carbocycles. The van der Waals surface area contributed by atoms with Gasteiger partial charge in [-0.1, -0.05) is 6.92 Å². The summed E-state index contributed by atoms with van der Waals surface area (Å²) in [5.74, 6) is 0.622. The van der Waals surface area contributed by atoms with Crippen molar-refractivity contribution in [1.82, 2.24) is 24.6 Å². The number of rotatable bonds is 2. The van der Waals surface area contributed by atoms with Crippen molar-refractivity contribution in [3.8, 4) is 11.4 Å². The molecule has 0 N–H and O–H groups in total. The second-order valence-electron chi connectivity index (χ2n) is 7.33. The average molecular weight is 331 g/mol. The number of hydrogen-bond acceptors (Lipinski definition) is 5. The van der Waals surface area contributed by atoms with Crippen LogP contribution in [-0.2, 0) is 10.4 Å². The molecule has 1 saturated heterocycles. The number of aromatic nitrogens is 4. The van der Waals surface area contributed by atoms with Crippen LogP contribution >= 0.6 is 0 Å². The number of nitrogens with zero attached hydrogens (tertiary/aromatic N) is 5. The van der Waals surface area contributed by atoms with Crippen LogP contribution in [0.5, 0.6) is 0 Å². The van der Waals surface area contributed by atoms with Gasteiger partial charge in [-0.15, -0.1) is 5.10 Å². The zero-order valence-corrected chi connectivity index (χ0v) is 14.8. The number of hydrogen-bond donors (Lipinski definition) is 0. The molecule has 0 aromatic carbocycles. The molecule has 130 valence electrons. The zero-order chi connectivity index (χ0) is 17.4. The summed E-state index contributed by atoms with van der Waals surface area (Å²) in [6.07, 6.45) is 8.87. The summed E-state index contributed by atoms with van der Waals surface area (Å²) in [6, 6.07) is 0. The van der Waals surface area contributed by atoms with E-state index < -0.39 is 11.3 Å². The Hall–Kier alpha value is -2.18. The first-order valence-electron chi connectivity index (χ1n) is 8.52. The molecule has 0 radical (unpaired) electrons. The van der Waals surface area contributed by atoms with Crippen molar-refractivity contribution in [3.63, 3.8) is 0 Å². The normalized spacial score (nSPS) is 21.9. The quantitative estimate of drug-likeness (QED) is 0.844. The number of ether oxygens (including phenoxy) is 1. The van der Waals surface area contributed by atoms with Gasteiger partial charge in [-0.2, -0.15) is 5.10 Å². The molecule has 0 spiro atoms. The van der Waals surface area contributed by atoms with Gasteiger partial charge in [-0.05, 0) is 46.5 Å². The summed E-state index contributed by atoms with van der Waals surface area (Å²) in [5, 5.41) is 7.88. The smallest absolute Gasteiger partial charge is 0.412 e. The predicted molar refractivity (Wildman–Crippen MR) is 89.5 cm³/mol. The van der Waals surface area contributed by atoms with E-state index in [9.17, 15) is 4.79 Å². The van der Waals surface area contributed by atoms with Crippen molar-refractivity contribution in [3.05, 3.63) is 18.7 Å². The molecule has 7 heteroatoms. The number of piperidine rings is 1. The highest BCUT2D eigenvalue weighted by Gasteiger charge is 2.43. The van der Waals surface area contributed by atoms with E-state index in [1.807, 2.05) is 36.4 Å². The van der Waals surface area contributed by atoms with Gasteiger partial charge in [0.1, 0.15) is 11.3 Å². The van der Waals surface area contributed by atoms with Crippen LogP contribution in [0.15, 0.2) is 18.7 Å². The maximum Gasteiger partial charge on any atom is 0.412 e. The van der Waals surface area contributed by atoms with Crippen LogP contribution in [0.3, 0.4) is 0 Å². The van der Waals surface area contributed by atoms with Crippen LogP contribution < -0.4 is 0 Å². The van der Waals surface area contributed by atoms with E-state index in [2.05, 4.69) is 22.1 Å². The molecule has 0 aromatic heterocycles. The second kappa shape index (κ2) is 6.03. The van der Waals surface area contributed by atoms with Gasteiger partial charge >= 0.3 is 6.09 Å². The SMILES string of the molecule is CCC1(n2cnc3nncc-3c2)CCCCN1C(=O)OC(C)(C)C. The van der Waals surface area contributed by atoms with Gasteiger partial charge in [-0.3, -0.25) is 4.90 Å². The first-order chi connectivity index (χ1) is 11.4. The van der Waals surface area contributed by atoms with E-state index >= 15 is 0 Å². The molecule has 1 fully saturated rings. The molecule has 1 unspecified atom stereocenters. The van der Waals surface area contributed by atoms with Crippen LogP contribution in [0, 0.1) is 0 Å². The third-order valence-corrected chi connectivity index (χ3v) is 4.56. The molecule has 7 nitrogen and oxygen atoms in total. The van der Waals surface area contributed by atoms with Crippen LogP contribution in [0.25, 0.3) is 11.4 Å². The van der Waals surface area contributed by atoms with Crippen molar-refractivity contribution in [2.24, 2.45) is 0 Å². The maximum absolute atomic E-state index is 12.8. The van der Waals surface area contributed by atoms with E-state index in [1.54, 1.807) is 12.5 Å². The monoisotopic (exact) mass is 331 g/mol. The molecule has 3 heterocycles. The van der Waals surface area contributed by atoms with Crippen molar-refractivity contribution in [1.29, 1.82) is 0 Å². The lowest BCUT2D eigenvalue weighted by molar-refractivity contribution is -0.0479. The molecule has 1 amide bonds. The maximum atomic E-state index is 12.8. The van der Waals surface area contributed by atoms with Crippen molar-refractivity contribution >= 4 is 6.09 Å². The lowest BCUT2D eigenvalue weighted by Crippen LogP contribution is -2.56. The van der Waals surface area contributed by atoms with Gasteiger partial charge in [0, 0.05) is 12.7 Å². The number of likely N-dealkylation sites (tertiary alicyclic amines) is 1. The number of amides is 1. The second-order valence-corrected chi connectivity index (χ2v) is 7.33. The Morgan fingerprint density at radius 1 is 1.38 bits per heavy atom.